The van der Waals surface area contributed by atoms with Crippen molar-refractivity contribution >= 4 is 5.91 Å². The number of carbonyl (C=O) groups is 1. The van der Waals surface area contributed by atoms with Gasteiger partial charge in [-0.15, -0.1) is 0 Å². The van der Waals surface area contributed by atoms with Gasteiger partial charge in [0.1, 0.15) is 11.6 Å². The van der Waals surface area contributed by atoms with Gasteiger partial charge >= 0.3 is 0 Å². The van der Waals surface area contributed by atoms with Crippen LogP contribution in [-0.4, -0.2) is 32.5 Å². The van der Waals surface area contributed by atoms with E-state index >= 15 is 0 Å². The van der Waals surface area contributed by atoms with Crippen molar-refractivity contribution in [2.75, 3.05) is 0 Å². The third kappa shape index (κ3) is 3.55. The Morgan fingerprint density at radius 2 is 2.17 bits per heavy atom. The summed E-state index contributed by atoms with van der Waals surface area (Å²) < 4.78 is 33.6. The van der Waals surface area contributed by atoms with Crippen molar-refractivity contribution < 1.29 is 18.3 Å². The predicted octanol–water partition coefficient (Wildman–Crippen LogP) is 2.66. The Hall–Kier alpha value is -2.44. The van der Waals surface area contributed by atoms with Crippen LogP contribution in [0.5, 0.6) is 5.75 Å². The van der Waals surface area contributed by atoms with Crippen molar-refractivity contribution in [3.63, 3.8) is 0 Å². The summed E-state index contributed by atoms with van der Waals surface area (Å²) in [4.78, 5) is 18.7. The maximum Gasteiger partial charge on any atom is 0.264 e. The molecule has 0 spiro atoms. The maximum atomic E-state index is 13.3. The van der Waals surface area contributed by atoms with E-state index in [0.717, 1.165) is 30.8 Å². The van der Waals surface area contributed by atoms with E-state index in [-0.39, 0.29) is 17.7 Å². The minimum absolute atomic E-state index is 0.127. The number of imidazole rings is 1. The molecule has 0 N–H and O–H groups in total. The molecule has 1 aliphatic rings. The van der Waals surface area contributed by atoms with Gasteiger partial charge in [0.2, 0.25) is 0 Å². The van der Waals surface area contributed by atoms with Crippen molar-refractivity contribution in [1.29, 1.82) is 0 Å². The van der Waals surface area contributed by atoms with Crippen LogP contribution in [0.2, 0.25) is 0 Å². The number of ether oxygens (including phenoxy) is 1. The number of aromatic nitrogens is 2. The first-order valence-corrected chi connectivity index (χ1v) is 7.84. The van der Waals surface area contributed by atoms with Gasteiger partial charge in [-0.3, -0.25) is 4.79 Å². The quantitative estimate of drug-likeness (QED) is 0.815. The van der Waals surface area contributed by atoms with Crippen LogP contribution in [0.3, 0.4) is 0 Å². The van der Waals surface area contributed by atoms with E-state index in [1.54, 1.807) is 18.0 Å². The van der Waals surface area contributed by atoms with Crippen molar-refractivity contribution in [1.82, 2.24) is 14.5 Å². The molecule has 0 radical (unpaired) electrons. The van der Waals surface area contributed by atoms with Crippen LogP contribution in [-0.2, 0) is 18.4 Å². The van der Waals surface area contributed by atoms with Crippen LogP contribution in [0, 0.1) is 11.6 Å². The Balaban J connectivity index is 1.70. The topological polar surface area (TPSA) is 47.4 Å². The van der Waals surface area contributed by atoms with Gasteiger partial charge < -0.3 is 14.2 Å². The first-order valence-electron chi connectivity index (χ1n) is 7.84. The lowest BCUT2D eigenvalue weighted by Gasteiger charge is -2.26. The molecule has 1 fully saturated rings. The highest BCUT2D eigenvalue weighted by Crippen LogP contribution is 2.29. The third-order valence-electron chi connectivity index (χ3n) is 4.06. The fraction of sp³-hybridized carbons (Fsp3) is 0.412. The summed E-state index contributed by atoms with van der Waals surface area (Å²) >= 11 is 0. The van der Waals surface area contributed by atoms with Crippen LogP contribution in [0.25, 0.3) is 0 Å². The minimum atomic E-state index is -1.00. The van der Waals surface area contributed by atoms with Gasteiger partial charge in [-0.05, 0) is 31.9 Å². The summed E-state index contributed by atoms with van der Waals surface area (Å²) in [6.07, 6.45) is 4.62. The number of benzene rings is 1. The molecule has 1 amide bonds. The lowest BCUT2D eigenvalue weighted by molar-refractivity contribution is -0.139. The molecule has 1 aliphatic carbocycles. The lowest BCUT2D eigenvalue weighted by Crippen LogP contribution is -2.41. The molecule has 2 aromatic rings. The smallest absolute Gasteiger partial charge is 0.264 e. The van der Waals surface area contributed by atoms with Crippen LogP contribution < -0.4 is 4.74 Å². The van der Waals surface area contributed by atoms with Gasteiger partial charge in [0.15, 0.2) is 17.7 Å². The highest BCUT2D eigenvalue weighted by Gasteiger charge is 2.36. The number of halogens is 2. The average molecular weight is 335 g/mol. The molecule has 0 unspecified atom stereocenters. The van der Waals surface area contributed by atoms with Crippen molar-refractivity contribution in [2.24, 2.45) is 7.05 Å². The standard InChI is InChI=1S/C17H19F2N3O2/c1-11(24-13-5-6-14(18)15(19)9-13)17(23)22(12-3-4-12)10-16-20-7-8-21(16)2/h5-9,11-12H,3-4,10H2,1-2H3/t11-/m0/s1. The molecule has 128 valence electrons. The van der Waals surface area contributed by atoms with Gasteiger partial charge in [0, 0.05) is 31.5 Å². The normalized spacial score (nSPS) is 15.2. The number of aryl methyl sites for hydroxylation is 1. The first-order chi connectivity index (χ1) is 11.5. The highest BCUT2D eigenvalue weighted by molar-refractivity contribution is 5.81. The zero-order chi connectivity index (χ0) is 17.3. The summed E-state index contributed by atoms with van der Waals surface area (Å²) in [6, 6.07) is 3.42. The molecule has 1 atom stereocenters. The van der Waals surface area contributed by atoms with Gasteiger partial charge in [0.25, 0.3) is 5.91 Å². The fourth-order valence-corrected chi connectivity index (χ4v) is 2.51. The molecule has 5 nitrogen and oxygen atoms in total. The van der Waals surface area contributed by atoms with Gasteiger partial charge in [-0.25, -0.2) is 13.8 Å². The zero-order valence-electron chi connectivity index (χ0n) is 13.6. The molecule has 0 aliphatic heterocycles. The summed E-state index contributed by atoms with van der Waals surface area (Å²) in [5, 5.41) is 0. The molecular formula is C17H19F2N3O2. The van der Waals surface area contributed by atoms with Crippen molar-refractivity contribution in [3.05, 3.63) is 48.1 Å². The second kappa shape index (κ2) is 6.59. The van der Waals surface area contributed by atoms with E-state index in [2.05, 4.69) is 4.98 Å². The molecule has 3 rings (SSSR count). The van der Waals surface area contributed by atoms with Gasteiger partial charge in [0.05, 0.1) is 6.54 Å². The molecule has 7 heteroatoms. The van der Waals surface area contributed by atoms with Crippen molar-refractivity contribution in [2.45, 2.75) is 38.5 Å². The number of hydrogen-bond donors (Lipinski definition) is 0. The molecular weight excluding hydrogens is 316 g/mol. The number of nitrogens with zero attached hydrogens (tertiary/aromatic N) is 3. The molecule has 0 bridgehead atoms. The Morgan fingerprint density at radius 3 is 2.75 bits per heavy atom. The van der Waals surface area contributed by atoms with E-state index in [9.17, 15) is 13.6 Å². The van der Waals surface area contributed by atoms with Crippen LogP contribution in [0.15, 0.2) is 30.6 Å². The average Bonchev–Trinajstić information content (AvgIpc) is 3.31. The Bertz CT molecular complexity index is 743. The fourth-order valence-electron chi connectivity index (χ4n) is 2.51. The largest absolute Gasteiger partial charge is 0.481 e. The van der Waals surface area contributed by atoms with E-state index in [4.69, 9.17) is 4.74 Å². The lowest BCUT2D eigenvalue weighted by atomic mass is 10.3. The highest BCUT2D eigenvalue weighted by atomic mass is 19.2. The van der Waals surface area contributed by atoms with E-state index in [1.165, 1.54) is 6.07 Å². The number of carbonyl (C=O) groups excluding carboxylic acids is 1. The molecule has 1 aromatic heterocycles. The SMILES string of the molecule is C[C@H](Oc1ccc(F)c(F)c1)C(=O)N(Cc1nccn1C)C1CC1. The third-order valence-corrected chi connectivity index (χ3v) is 4.06. The predicted molar refractivity (Wildman–Crippen MR) is 83.2 cm³/mol. The van der Waals surface area contributed by atoms with Gasteiger partial charge in [-0.1, -0.05) is 0 Å². The summed E-state index contributed by atoms with van der Waals surface area (Å²) in [7, 11) is 1.87. The monoisotopic (exact) mass is 335 g/mol. The van der Waals surface area contributed by atoms with Crippen molar-refractivity contribution in [3.8, 4) is 5.75 Å². The Kier molecular flexibility index (Phi) is 4.51. The summed E-state index contributed by atoms with van der Waals surface area (Å²) in [6.45, 7) is 2.01. The maximum absolute atomic E-state index is 13.3. The molecule has 0 saturated heterocycles. The Morgan fingerprint density at radius 1 is 1.42 bits per heavy atom. The minimum Gasteiger partial charge on any atom is -0.481 e. The molecule has 1 saturated carbocycles. The molecule has 1 heterocycles. The number of rotatable bonds is 6. The van der Waals surface area contributed by atoms with Crippen LogP contribution >= 0.6 is 0 Å². The van der Waals surface area contributed by atoms with E-state index in [1.807, 2.05) is 17.8 Å². The van der Waals surface area contributed by atoms with E-state index in [0.29, 0.717) is 6.54 Å². The van der Waals surface area contributed by atoms with Gasteiger partial charge in [-0.2, -0.15) is 0 Å². The summed E-state index contributed by atoms with van der Waals surface area (Å²) in [5.41, 5.74) is 0. The van der Waals surface area contributed by atoms with Crippen LogP contribution in [0.4, 0.5) is 8.78 Å². The van der Waals surface area contributed by atoms with Crippen LogP contribution in [0.1, 0.15) is 25.6 Å². The molecule has 1 aromatic carbocycles. The number of hydrogen-bond acceptors (Lipinski definition) is 3. The Labute approximate surface area is 138 Å². The molecule has 24 heavy (non-hydrogen) atoms. The second-order valence-electron chi connectivity index (χ2n) is 5.99. The second-order valence-corrected chi connectivity index (χ2v) is 5.99. The zero-order valence-corrected chi connectivity index (χ0v) is 13.6. The number of amides is 1. The van der Waals surface area contributed by atoms with E-state index < -0.39 is 17.7 Å². The summed E-state index contributed by atoms with van der Waals surface area (Å²) in [5.74, 6) is -1.22. The first kappa shape index (κ1) is 16.4.